The molecule has 0 aliphatic carbocycles. The Balaban J connectivity index is 1.48. The molecule has 0 bridgehead atoms. The number of amides is 1. The fourth-order valence-corrected chi connectivity index (χ4v) is 3.32. The van der Waals surface area contributed by atoms with E-state index < -0.39 is 0 Å². The van der Waals surface area contributed by atoms with Crippen molar-refractivity contribution >= 4 is 16.8 Å². The first kappa shape index (κ1) is 16.9. The van der Waals surface area contributed by atoms with Crippen LogP contribution in [0, 0.1) is 5.92 Å². The molecule has 0 saturated carbocycles. The molecule has 1 aromatic heterocycles. The first-order chi connectivity index (χ1) is 11.7. The highest BCUT2D eigenvalue weighted by Crippen LogP contribution is 2.16. The van der Waals surface area contributed by atoms with Gasteiger partial charge in [-0.15, -0.1) is 0 Å². The van der Waals surface area contributed by atoms with E-state index in [1.807, 2.05) is 18.2 Å². The summed E-state index contributed by atoms with van der Waals surface area (Å²) in [4.78, 5) is 17.4. The molecule has 1 aliphatic rings. The van der Waals surface area contributed by atoms with Crippen molar-refractivity contribution in [2.75, 3.05) is 45.8 Å². The first-order valence-electron chi connectivity index (χ1n) is 8.82. The summed E-state index contributed by atoms with van der Waals surface area (Å²) in [7, 11) is 0. The van der Waals surface area contributed by atoms with Gasteiger partial charge >= 0.3 is 0 Å². The van der Waals surface area contributed by atoms with Gasteiger partial charge in [-0.1, -0.05) is 19.9 Å². The topological polar surface area (TPSA) is 64.3 Å². The van der Waals surface area contributed by atoms with Crippen LogP contribution in [0.5, 0.6) is 0 Å². The molecule has 1 saturated heterocycles. The molecule has 130 valence electrons. The molecule has 1 aliphatic heterocycles. The van der Waals surface area contributed by atoms with Gasteiger partial charge in [0, 0.05) is 44.7 Å². The Bertz CT molecular complexity index is 675. The predicted octanol–water partition coefficient (Wildman–Crippen LogP) is 1.57. The van der Waals surface area contributed by atoms with Crippen molar-refractivity contribution in [2.24, 2.45) is 5.92 Å². The molecular weight excluding hydrogens is 302 g/mol. The molecule has 1 atom stereocenters. The number of carbonyl (C=O) groups is 1. The van der Waals surface area contributed by atoms with E-state index in [4.69, 9.17) is 0 Å². The Kier molecular flexibility index (Phi) is 5.48. The maximum Gasteiger partial charge on any atom is 0.252 e. The number of hydrogen-bond donors (Lipinski definition) is 2. The molecular formula is C18H27N5O. The van der Waals surface area contributed by atoms with E-state index in [0.717, 1.165) is 50.2 Å². The van der Waals surface area contributed by atoms with Crippen LogP contribution in [-0.4, -0.2) is 71.7 Å². The molecule has 0 radical (unpaired) electrons. The van der Waals surface area contributed by atoms with Crippen LogP contribution < -0.4 is 5.32 Å². The van der Waals surface area contributed by atoms with E-state index in [2.05, 4.69) is 39.2 Å². The Morgan fingerprint density at radius 1 is 1.29 bits per heavy atom. The number of aromatic amines is 1. The molecule has 3 rings (SSSR count). The zero-order valence-corrected chi connectivity index (χ0v) is 14.6. The normalized spacial score (nSPS) is 17.9. The van der Waals surface area contributed by atoms with Crippen LogP contribution in [0.15, 0.2) is 24.4 Å². The summed E-state index contributed by atoms with van der Waals surface area (Å²) in [5.74, 6) is 0.412. The lowest BCUT2D eigenvalue weighted by Gasteiger charge is -2.35. The monoisotopic (exact) mass is 329 g/mol. The van der Waals surface area contributed by atoms with E-state index in [9.17, 15) is 4.79 Å². The quantitative estimate of drug-likeness (QED) is 0.844. The maximum atomic E-state index is 12.5. The maximum absolute atomic E-state index is 12.5. The summed E-state index contributed by atoms with van der Waals surface area (Å²) < 4.78 is 0. The van der Waals surface area contributed by atoms with Gasteiger partial charge in [0.25, 0.3) is 5.91 Å². The van der Waals surface area contributed by atoms with E-state index in [0.29, 0.717) is 18.0 Å². The van der Waals surface area contributed by atoms with Crippen LogP contribution in [-0.2, 0) is 0 Å². The molecule has 1 fully saturated rings. The van der Waals surface area contributed by atoms with Crippen molar-refractivity contribution in [1.29, 1.82) is 0 Å². The average molecular weight is 329 g/mol. The number of rotatable bonds is 6. The van der Waals surface area contributed by atoms with Crippen LogP contribution in [0.3, 0.4) is 0 Å². The van der Waals surface area contributed by atoms with Gasteiger partial charge in [-0.25, -0.2) is 0 Å². The Morgan fingerprint density at radius 3 is 2.79 bits per heavy atom. The zero-order valence-electron chi connectivity index (χ0n) is 14.6. The lowest BCUT2D eigenvalue weighted by atomic mass is 10.1. The average Bonchev–Trinajstić information content (AvgIpc) is 3.09. The Hall–Kier alpha value is -1.92. The summed E-state index contributed by atoms with van der Waals surface area (Å²) in [5, 5.41) is 10.9. The van der Waals surface area contributed by atoms with Crippen LogP contribution >= 0.6 is 0 Å². The van der Waals surface area contributed by atoms with Crippen LogP contribution in [0.25, 0.3) is 10.9 Å². The highest BCUT2D eigenvalue weighted by Gasteiger charge is 2.18. The fraction of sp³-hybridized carbons (Fsp3) is 0.556. The highest BCUT2D eigenvalue weighted by atomic mass is 16.1. The van der Waals surface area contributed by atoms with E-state index in [-0.39, 0.29) is 5.91 Å². The van der Waals surface area contributed by atoms with Gasteiger partial charge in [0.1, 0.15) is 0 Å². The summed E-state index contributed by atoms with van der Waals surface area (Å²) >= 11 is 0. The number of piperazine rings is 1. The minimum atomic E-state index is -0.0235. The van der Waals surface area contributed by atoms with Crippen molar-refractivity contribution in [3.05, 3.63) is 30.0 Å². The number of hydrogen-bond acceptors (Lipinski definition) is 4. The molecule has 0 unspecified atom stereocenters. The number of H-pyrrole nitrogens is 1. The second-order valence-electron chi connectivity index (χ2n) is 6.69. The molecule has 1 aromatic carbocycles. The van der Waals surface area contributed by atoms with Gasteiger partial charge in [0.2, 0.25) is 0 Å². The van der Waals surface area contributed by atoms with Gasteiger partial charge in [-0.3, -0.25) is 9.89 Å². The molecule has 1 amide bonds. The van der Waals surface area contributed by atoms with Gasteiger partial charge in [-0.2, -0.15) is 5.10 Å². The summed E-state index contributed by atoms with van der Waals surface area (Å²) in [6, 6.07) is 5.66. The predicted molar refractivity (Wildman–Crippen MR) is 96.1 cm³/mol. The van der Waals surface area contributed by atoms with Crippen LogP contribution in [0.2, 0.25) is 0 Å². The summed E-state index contributed by atoms with van der Waals surface area (Å²) in [5.41, 5.74) is 1.58. The third-order valence-corrected chi connectivity index (χ3v) is 4.82. The molecule has 6 nitrogen and oxygen atoms in total. The van der Waals surface area contributed by atoms with Crippen LogP contribution in [0.4, 0.5) is 0 Å². The van der Waals surface area contributed by atoms with E-state index in [1.54, 1.807) is 6.20 Å². The Labute approximate surface area is 143 Å². The van der Waals surface area contributed by atoms with Crippen molar-refractivity contribution in [2.45, 2.75) is 13.8 Å². The van der Waals surface area contributed by atoms with Gasteiger partial charge in [0.15, 0.2) is 0 Å². The molecule has 2 heterocycles. The molecule has 2 aromatic rings. The van der Waals surface area contributed by atoms with Crippen molar-refractivity contribution < 1.29 is 4.79 Å². The number of fused-ring (bicyclic) bond motifs is 1. The van der Waals surface area contributed by atoms with Crippen molar-refractivity contribution in [3.63, 3.8) is 0 Å². The Morgan fingerprint density at radius 2 is 2.04 bits per heavy atom. The smallest absolute Gasteiger partial charge is 0.252 e. The second-order valence-corrected chi connectivity index (χ2v) is 6.69. The third-order valence-electron chi connectivity index (χ3n) is 4.82. The summed E-state index contributed by atoms with van der Waals surface area (Å²) in [6.45, 7) is 11.8. The van der Waals surface area contributed by atoms with Gasteiger partial charge in [-0.05, 0) is 24.6 Å². The number of nitrogens with one attached hydrogen (secondary N) is 2. The van der Waals surface area contributed by atoms with Gasteiger partial charge < -0.3 is 15.1 Å². The number of aromatic nitrogens is 2. The standard InChI is InChI=1S/C18H27N5O/c1-3-22-7-9-23(10-8-22)13-14(2)11-19-18(24)15-5-4-6-17-16(15)12-20-21-17/h4-6,12,14H,3,7-11,13H2,1-2H3,(H,19,24)(H,20,21)/t14-/m1/s1. The molecule has 2 N–H and O–H groups in total. The third kappa shape index (κ3) is 3.94. The van der Waals surface area contributed by atoms with E-state index >= 15 is 0 Å². The largest absolute Gasteiger partial charge is 0.352 e. The highest BCUT2D eigenvalue weighted by molar-refractivity contribution is 6.05. The first-order valence-corrected chi connectivity index (χ1v) is 8.82. The van der Waals surface area contributed by atoms with E-state index in [1.165, 1.54) is 0 Å². The number of nitrogens with zero attached hydrogens (tertiary/aromatic N) is 3. The number of carbonyl (C=O) groups excluding carboxylic acids is 1. The SMILES string of the molecule is CCN1CCN(C[C@H](C)CNC(=O)c2cccc3[nH]ncc23)CC1. The van der Waals surface area contributed by atoms with Gasteiger partial charge in [0.05, 0.1) is 17.3 Å². The minimum Gasteiger partial charge on any atom is -0.352 e. The van der Waals surface area contributed by atoms with Crippen molar-refractivity contribution in [3.8, 4) is 0 Å². The van der Waals surface area contributed by atoms with Crippen LogP contribution in [0.1, 0.15) is 24.2 Å². The lowest BCUT2D eigenvalue weighted by Crippen LogP contribution is -2.48. The van der Waals surface area contributed by atoms with Crippen molar-refractivity contribution in [1.82, 2.24) is 25.3 Å². The minimum absolute atomic E-state index is 0.0235. The molecule has 24 heavy (non-hydrogen) atoms. The molecule has 6 heteroatoms. The lowest BCUT2D eigenvalue weighted by molar-refractivity contribution is 0.0935. The summed E-state index contributed by atoms with van der Waals surface area (Å²) in [6.07, 6.45) is 1.71. The second kappa shape index (κ2) is 7.77. The number of likely N-dealkylation sites (N-methyl/N-ethyl adjacent to an activating group) is 1. The fourth-order valence-electron chi connectivity index (χ4n) is 3.32. The molecule has 0 spiro atoms. The number of benzene rings is 1. The zero-order chi connectivity index (χ0) is 16.9.